The van der Waals surface area contributed by atoms with E-state index in [0.717, 1.165) is 5.69 Å². The number of nitrogens with two attached hydrogens (primary N) is 1. The molecule has 0 saturated carbocycles. The fourth-order valence-corrected chi connectivity index (χ4v) is 1.30. The van der Waals surface area contributed by atoms with Crippen LogP contribution in [0.5, 0.6) is 0 Å². The molecule has 0 spiro atoms. The first-order chi connectivity index (χ1) is 6.06. The van der Waals surface area contributed by atoms with Crippen LogP contribution in [0.3, 0.4) is 0 Å². The van der Waals surface area contributed by atoms with Crippen LogP contribution in [0.4, 0.5) is 0 Å². The van der Waals surface area contributed by atoms with Crippen LogP contribution in [0.25, 0.3) is 6.08 Å². The van der Waals surface area contributed by atoms with Crippen LogP contribution < -0.4 is 5.73 Å². The summed E-state index contributed by atoms with van der Waals surface area (Å²) in [6.45, 7) is 6.72. The topological polar surface area (TPSA) is 43.8 Å². The van der Waals surface area contributed by atoms with Crippen LogP contribution in [-0.4, -0.2) is 16.3 Å². The van der Waals surface area contributed by atoms with Crippen LogP contribution in [0.15, 0.2) is 5.57 Å². The predicted molar refractivity (Wildman–Crippen MR) is 55.4 cm³/mol. The Balaban J connectivity index is 3.14. The Morgan fingerprint density at radius 2 is 2.15 bits per heavy atom. The number of hydrogen-bond donors (Lipinski definition) is 1. The largest absolute Gasteiger partial charge is 0.327 e. The van der Waals surface area contributed by atoms with E-state index in [4.69, 9.17) is 5.73 Å². The van der Waals surface area contributed by atoms with E-state index in [9.17, 15) is 0 Å². The van der Waals surface area contributed by atoms with Crippen LogP contribution >= 0.6 is 0 Å². The Morgan fingerprint density at radius 1 is 1.54 bits per heavy atom. The minimum atomic E-state index is 0.605. The third-order valence-electron chi connectivity index (χ3n) is 2.28. The molecule has 0 unspecified atom stereocenters. The molecule has 72 valence electrons. The molecule has 0 aliphatic heterocycles. The lowest BCUT2D eigenvalue weighted by molar-refractivity contribution is 0.731. The summed E-state index contributed by atoms with van der Waals surface area (Å²) in [6.07, 6.45) is 2.11. The van der Waals surface area contributed by atoms with Gasteiger partial charge in [0.2, 0.25) is 0 Å². The van der Waals surface area contributed by atoms with Crippen molar-refractivity contribution in [1.29, 1.82) is 0 Å². The molecule has 13 heavy (non-hydrogen) atoms. The second-order valence-corrected chi connectivity index (χ2v) is 3.40. The molecule has 2 N–H and O–H groups in total. The average molecular weight is 179 g/mol. The molecule has 1 aromatic heterocycles. The van der Waals surface area contributed by atoms with Crippen molar-refractivity contribution in [2.45, 2.75) is 20.8 Å². The third kappa shape index (κ3) is 1.98. The summed E-state index contributed by atoms with van der Waals surface area (Å²) in [6, 6.07) is 0. The number of nitrogens with zero attached hydrogens (tertiary/aromatic N) is 2. The molecule has 0 atom stereocenters. The van der Waals surface area contributed by atoms with Crippen molar-refractivity contribution in [1.82, 2.24) is 9.78 Å². The van der Waals surface area contributed by atoms with Gasteiger partial charge in [0.1, 0.15) is 0 Å². The highest BCUT2D eigenvalue weighted by Crippen LogP contribution is 2.15. The summed E-state index contributed by atoms with van der Waals surface area (Å²) in [4.78, 5) is 0. The summed E-state index contributed by atoms with van der Waals surface area (Å²) < 4.78 is 1.89. The van der Waals surface area contributed by atoms with Gasteiger partial charge in [-0.3, -0.25) is 4.68 Å². The molecule has 0 aliphatic carbocycles. The zero-order valence-electron chi connectivity index (χ0n) is 8.76. The van der Waals surface area contributed by atoms with E-state index in [-0.39, 0.29) is 0 Å². The first-order valence-corrected chi connectivity index (χ1v) is 4.43. The molecule has 1 heterocycles. The molecule has 0 aliphatic rings. The van der Waals surface area contributed by atoms with E-state index in [1.54, 1.807) is 0 Å². The molecular formula is C10H17N3. The summed E-state index contributed by atoms with van der Waals surface area (Å²) in [5, 5.41) is 4.33. The average Bonchev–Trinajstić information content (AvgIpc) is 2.32. The van der Waals surface area contributed by atoms with E-state index in [0.29, 0.717) is 6.54 Å². The standard InChI is InChI=1S/C10H17N3/c1-7(6-11)5-10-8(2)12-13(4)9(10)3/h5H,6,11H2,1-4H3. The minimum absolute atomic E-state index is 0.605. The van der Waals surface area contributed by atoms with Crippen LogP contribution in [-0.2, 0) is 7.05 Å². The first kappa shape index (κ1) is 9.99. The molecular weight excluding hydrogens is 162 g/mol. The van der Waals surface area contributed by atoms with Gasteiger partial charge in [0.05, 0.1) is 5.69 Å². The first-order valence-electron chi connectivity index (χ1n) is 4.43. The van der Waals surface area contributed by atoms with Gasteiger partial charge in [0.15, 0.2) is 0 Å². The van der Waals surface area contributed by atoms with Crippen LogP contribution in [0.2, 0.25) is 0 Å². The van der Waals surface area contributed by atoms with Gasteiger partial charge in [-0.1, -0.05) is 11.6 Å². The Bertz CT molecular complexity index is 334. The Hall–Kier alpha value is -1.09. The van der Waals surface area contributed by atoms with Crippen molar-refractivity contribution in [3.05, 3.63) is 22.5 Å². The van der Waals surface area contributed by atoms with Gasteiger partial charge in [-0.2, -0.15) is 5.10 Å². The molecule has 1 rings (SSSR count). The molecule has 3 nitrogen and oxygen atoms in total. The lowest BCUT2D eigenvalue weighted by Crippen LogP contribution is -1.99. The summed E-state index contributed by atoms with van der Waals surface area (Å²) >= 11 is 0. The highest BCUT2D eigenvalue weighted by atomic mass is 15.3. The SMILES string of the molecule is CC(=Cc1c(C)nn(C)c1C)CN. The second-order valence-electron chi connectivity index (χ2n) is 3.40. The molecule has 3 heteroatoms. The molecule has 0 fully saturated rings. The van der Waals surface area contributed by atoms with Gasteiger partial charge in [0, 0.05) is 24.8 Å². The maximum absolute atomic E-state index is 5.53. The van der Waals surface area contributed by atoms with Gasteiger partial charge in [-0.15, -0.1) is 0 Å². The zero-order chi connectivity index (χ0) is 10.0. The van der Waals surface area contributed by atoms with Gasteiger partial charge in [-0.05, 0) is 20.8 Å². The van der Waals surface area contributed by atoms with E-state index in [2.05, 4.69) is 18.1 Å². The number of aryl methyl sites for hydroxylation is 2. The van der Waals surface area contributed by atoms with E-state index in [1.165, 1.54) is 16.8 Å². The zero-order valence-corrected chi connectivity index (χ0v) is 8.76. The number of hydrogen-bond acceptors (Lipinski definition) is 2. The van der Waals surface area contributed by atoms with E-state index < -0.39 is 0 Å². The Labute approximate surface area is 79.2 Å². The lowest BCUT2D eigenvalue weighted by atomic mass is 10.1. The van der Waals surface area contributed by atoms with E-state index in [1.807, 2.05) is 25.6 Å². The van der Waals surface area contributed by atoms with Crippen molar-refractivity contribution >= 4 is 6.08 Å². The molecule has 0 radical (unpaired) electrons. The monoisotopic (exact) mass is 179 g/mol. The normalized spacial score (nSPS) is 12.2. The molecule has 0 bridgehead atoms. The summed E-state index contributed by atoms with van der Waals surface area (Å²) in [5.74, 6) is 0. The Morgan fingerprint density at radius 3 is 2.54 bits per heavy atom. The molecule has 0 aromatic carbocycles. The van der Waals surface area contributed by atoms with Crippen LogP contribution in [0, 0.1) is 13.8 Å². The highest BCUT2D eigenvalue weighted by molar-refractivity contribution is 5.57. The fourth-order valence-electron chi connectivity index (χ4n) is 1.30. The van der Waals surface area contributed by atoms with Crippen molar-refractivity contribution in [2.75, 3.05) is 6.54 Å². The van der Waals surface area contributed by atoms with Gasteiger partial charge < -0.3 is 5.73 Å². The minimum Gasteiger partial charge on any atom is -0.327 e. The maximum Gasteiger partial charge on any atom is 0.0668 e. The van der Waals surface area contributed by atoms with E-state index >= 15 is 0 Å². The summed E-state index contributed by atoms with van der Waals surface area (Å²) in [7, 11) is 1.96. The smallest absolute Gasteiger partial charge is 0.0668 e. The van der Waals surface area contributed by atoms with Crippen molar-refractivity contribution < 1.29 is 0 Å². The molecule has 0 amide bonds. The number of rotatable bonds is 2. The molecule has 0 saturated heterocycles. The van der Waals surface area contributed by atoms with Gasteiger partial charge in [-0.25, -0.2) is 0 Å². The van der Waals surface area contributed by atoms with Gasteiger partial charge in [0.25, 0.3) is 0 Å². The maximum atomic E-state index is 5.53. The van der Waals surface area contributed by atoms with Crippen LogP contribution in [0.1, 0.15) is 23.9 Å². The lowest BCUT2D eigenvalue weighted by Gasteiger charge is -1.97. The van der Waals surface area contributed by atoms with Crippen molar-refractivity contribution in [3.8, 4) is 0 Å². The van der Waals surface area contributed by atoms with Crippen molar-refractivity contribution in [3.63, 3.8) is 0 Å². The number of aromatic nitrogens is 2. The fraction of sp³-hybridized carbons (Fsp3) is 0.500. The predicted octanol–water partition coefficient (Wildman–Crippen LogP) is 1.40. The van der Waals surface area contributed by atoms with Crippen molar-refractivity contribution in [2.24, 2.45) is 12.8 Å². The quantitative estimate of drug-likeness (QED) is 0.745. The highest BCUT2D eigenvalue weighted by Gasteiger charge is 2.05. The van der Waals surface area contributed by atoms with Gasteiger partial charge >= 0.3 is 0 Å². The Kier molecular flexibility index (Phi) is 2.88. The summed E-state index contributed by atoms with van der Waals surface area (Å²) in [5.41, 5.74) is 10.2. The second kappa shape index (κ2) is 3.75. The molecule has 1 aromatic rings. The third-order valence-corrected chi connectivity index (χ3v) is 2.28.